The van der Waals surface area contributed by atoms with Crippen LogP contribution in [-0.2, 0) is 16.6 Å². The zero-order chi connectivity index (χ0) is 13.7. The standard InChI is InChI=1S/C12H14ClN3O2S/c13-11-3-1-4-12(9-11)19(17,18)15-5-2-7-16-8-6-14-10-16/h1,3-4,6,8-10,15H,2,5,7H2. The van der Waals surface area contributed by atoms with Crippen LogP contribution in [0.3, 0.4) is 0 Å². The molecule has 0 fully saturated rings. The lowest BCUT2D eigenvalue weighted by Crippen LogP contribution is -2.25. The zero-order valence-corrected chi connectivity index (χ0v) is 11.7. The quantitative estimate of drug-likeness (QED) is 0.829. The van der Waals surface area contributed by atoms with E-state index >= 15 is 0 Å². The third kappa shape index (κ3) is 4.05. The Hall–Kier alpha value is -1.37. The second kappa shape index (κ2) is 6.18. The molecule has 0 radical (unpaired) electrons. The molecular weight excluding hydrogens is 286 g/mol. The third-order valence-electron chi connectivity index (χ3n) is 2.55. The van der Waals surface area contributed by atoms with E-state index in [0.717, 1.165) is 6.54 Å². The molecule has 0 spiro atoms. The zero-order valence-electron chi connectivity index (χ0n) is 10.2. The Kier molecular flexibility index (Phi) is 4.57. The van der Waals surface area contributed by atoms with Crippen molar-refractivity contribution in [1.82, 2.24) is 14.3 Å². The van der Waals surface area contributed by atoms with Crippen LogP contribution in [0.4, 0.5) is 0 Å². The summed E-state index contributed by atoms with van der Waals surface area (Å²) in [7, 11) is -3.48. The normalized spacial score (nSPS) is 11.6. The van der Waals surface area contributed by atoms with Crippen LogP contribution in [0.15, 0.2) is 47.9 Å². The highest BCUT2D eigenvalue weighted by Gasteiger charge is 2.13. The lowest BCUT2D eigenvalue weighted by Gasteiger charge is -2.07. The first kappa shape index (κ1) is 14.0. The number of hydrogen-bond donors (Lipinski definition) is 1. The van der Waals surface area contributed by atoms with Crippen LogP contribution in [0.5, 0.6) is 0 Å². The number of aromatic nitrogens is 2. The second-order valence-electron chi connectivity index (χ2n) is 4.01. The first-order valence-electron chi connectivity index (χ1n) is 5.79. The molecule has 0 aliphatic heterocycles. The van der Waals surface area contributed by atoms with Crippen molar-refractivity contribution in [3.63, 3.8) is 0 Å². The SMILES string of the molecule is O=S(=O)(NCCCn1ccnc1)c1cccc(Cl)c1. The van der Waals surface area contributed by atoms with Gasteiger partial charge in [-0.2, -0.15) is 0 Å². The van der Waals surface area contributed by atoms with Crippen LogP contribution < -0.4 is 4.72 Å². The largest absolute Gasteiger partial charge is 0.337 e. The molecule has 2 rings (SSSR count). The van der Waals surface area contributed by atoms with Gasteiger partial charge in [-0.05, 0) is 24.6 Å². The van der Waals surface area contributed by atoms with Crippen LogP contribution in [0, 0.1) is 0 Å². The Labute approximate surface area is 117 Å². The molecule has 19 heavy (non-hydrogen) atoms. The van der Waals surface area contributed by atoms with Gasteiger partial charge >= 0.3 is 0 Å². The average molecular weight is 300 g/mol. The molecule has 0 bridgehead atoms. The van der Waals surface area contributed by atoms with Gasteiger partial charge in [-0.25, -0.2) is 18.1 Å². The molecule has 1 aromatic carbocycles. The molecule has 0 saturated heterocycles. The van der Waals surface area contributed by atoms with Crippen molar-refractivity contribution in [2.24, 2.45) is 0 Å². The highest BCUT2D eigenvalue weighted by Crippen LogP contribution is 2.14. The summed E-state index contributed by atoms with van der Waals surface area (Å²) in [5, 5.41) is 0.404. The van der Waals surface area contributed by atoms with E-state index in [1.165, 1.54) is 12.1 Å². The van der Waals surface area contributed by atoms with Crippen molar-refractivity contribution in [3.05, 3.63) is 48.0 Å². The molecule has 102 valence electrons. The minimum atomic E-state index is -3.48. The lowest BCUT2D eigenvalue weighted by molar-refractivity contribution is 0.570. The van der Waals surface area contributed by atoms with Gasteiger partial charge in [0.2, 0.25) is 10.0 Å². The van der Waals surface area contributed by atoms with Gasteiger partial charge < -0.3 is 4.57 Å². The highest BCUT2D eigenvalue weighted by atomic mass is 35.5. The van der Waals surface area contributed by atoms with Gasteiger partial charge in [0.05, 0.1) is 11.2 Å². The number of rotatable bonds is 6. The van der Waals surface area contributed by atoms with Gasteiger partial charge in [0.1, 0.15) is 0 Å². The van der Waals surface area contributed by atoms with Gasteiger partial charge in [-0.1, -0.05) is 17.7 Å². The Morgan fingerprint density at radius 2 is 2.21 bits per heavy atom. The third-order valence-corrected chi connectivity index (χ3v) is 4.24. The maximum Gasteiger partial charge on any atom is 0.240 e. The summed E-state index contributed by atoms with van der Waals surface area (Å²) in [6.45, 7) is 1.09. The van der Waals surface area contributed by atoms with Crippen LogP contribution in [0.2, 0.25) is 5.02 Å². The lowest BCUT2D eigenvalue weighted by atomic mass is 10.4. The Morgan fingerprint density at radius 1 is 1.37 bits per heavy atom. The number of halogens is 1. The molecule has 2 aromatic rings. The maximum absolute atomic E-state index is 12.0. The van der Waals surface area contributed by atoms with Crippen molar-refractivity contribution >= 4 is 21.6 Å². The molecule has 0 unspecified atom stereocenters. The summed E-state index contributed by atoms with van der Waals surface area (Å²) >= 11 is 5.78. The van der Waals surface area contributed by atoms with Crippen molar-refractivity contribution < 1.29 is 8.42 Å². The molecule has 0 saturated carbocycles. The summed E-state index contributed by atoms with van der Waals surface area (Å²) in [4.78, 5) is 4.10. The number of sulfonamides is 1. The van der Waals surface area contributed by atoms with Crippen molar-refractivity contribution in [3.8, 4) is 0 Å². The number of hydrogen-bond acceptors (Lipinski definition) is 3. The van der Waals surface area contributed by atoms with Crippen molar-refractivity contribution in [2.75, 3.05) is 6.54 Å². The van der Waals surface area contributed by atoms with Crippen molar-refractivity contribution in [1.29, 1.82) is 0 Å². The van der Waals surface area contributed by atoms with Crippen LogP contribution in [0.25, 0.3) is 0 Å². The minimum Gasteiger partial charge on any atom is -0.337 e. The Balaban J connectivity index is 1.88. The molecule has 5 nitrogen and oxygen atoms in total. The Morgan fingerprint density at radius 3 is 2.89 bits per heavy atom. The van der Waals surface area contributed by atoms with Gasteiger partial charge in [-0.3, -0.25) is 0 Å². The van der Waals surface area contributed by atoms with E-state index in [-0.39, 0.29) is 4.90 Å². The molecular formula is C12H14ClN3O2S. The van der Waals surface area contributed by atoms with E-state index in [2.05, 4.69) is 9.71 Å². The predicted molar refractivity (Wildman–Crippen MR) is 73.5 cm³/mol. The molecule has 0 amide bonds. The predicted octanol–water partition coefficient (Wildman–Crippen LogP) is 1.91. The van der Waals surface area contributed by atoms with E-state index in [1.54, 1.807) is 24.7 Å². The second-order valence-corrected chi connectivity index (χ2v) is 6.21. The molecule has 7 heteroatoms. The fourth-order valence-electron chi connectivity index (χ4n) is 1.60. The number of aryl methyl sites for hydroxylation is 1. The number of nitrogens with zero attached hydrogens (tertiary/aromatic N) is 2. The van der Waals surface area contributed by atoms with E-state index in [1.807, 2.05) is 10.8 Å². The monoisotopic (exact) mass is 299 g/mol. The van der Waals surface area contributed by atoms with Gasteiger partial charge in [0, 0.05) is 30.5 Å². The molecule has 1 heterocycles. The number of nitrogens with one attached hydrogen (secondary N) is 1. The number of benzene rings is 1. The van der Waals surface area contributed by atoms with Crippen LogP contribution in [-0.4, -0.2) is 24.5 Å². The van der Waals surface area contributed by atoms with Crippen molar-refractivity contribution in [2.45, 2.75) is 17.9 Å². The van der Waals surface area contributed by atoms with E-state index in [4.69, 9.17) is 11.6 Å². The molecule has 0 aliphatic carbocycles. The molecule has 0 atom stereocenters. The summed E-state index contributed by atoms with van der Waals surface area (Å²) < 4.78 is 28.4. The first-order chi connectivity index (χ1) is 9.08. The minimum absolute atomic E-state index is 0.183. The van der Waals surface area contributed by atoms with E-state index in [9.17, 15) is 8.42 Å². The molecule has 1 N–H and O–H groups in total. The van der Waals surface area contributed by atoms with Crippen LogP contribution >= 0.6 is 11.6 Å². The number of imidazole rings is 1. The van der Waals surface area contributed by atoms with Gasteiger partial charge in [0.15, 0.2) is 0 Å². The Bertz CT molecular complexity index is 626. The van der Waals surface area contributed by atoms with Gasteiger partial charge in [0.25, 0.3) is 0 Å². The van der Waals surface area contributed by atoms with E-state index in [0.29, 0.717) is 18.0 Å². The first-order valence-corrected chi connectivity index (χ1v) is 7.65. The summed E-state index contributed by atoms with van der Waals surface area (Å²) in [6, 6.07) is 6.20. The summed E-state index contributed by atoms with van der Waals surface area (Å²) in [6.07, 6.45) is 5.92. The molecule has 1 aromatic heterocycles. The smallest absolute Gasteiger partial charge is 0.240 e. The topological polar surface area (TPSA) is 64.0 Å². The summed E-state index contributed by atoms with van der Waals surface area (Å²) in [5.41, 5.74) is 0. The van der Waals surface area contributed by atoms with Crippen LogP contribution in [0.1, 0.15) is 6.42 Å². The summed E-state index contributed by atoms with van der Waals surface area (Å²) in [5.74, 6) is 0. The average Bonchev–Trinajstić information content (AvgIpc) is 2.88. The highest BCUT2D eigenvalue weighted by molar-refractivity contribution is 7.89. The maximum atomic E-state index is 12.0. The fraction of sp³-hybridized carbons (Fsp3) is 0.250. The van der Waals surface area contributed by atoms with E-state index < -0.39 is 10.0 Å². The molecule has 0 aliphatic rings. The van der Waals surface area contributed by atoms with Gasteiger partial charge in [-0.15, -0.1) is 0 Å². The fourth-order valence-corrected chi connectivity index (χ4v) is 2.98.